The Labute approximate surface area is 86.4 Å². The van der Waals surface area contributed by atoms with Crippen LogP contribution in [0.25, 0.3) is 0 Å². The van der Waals surface area contributed by atoms with E-state index < -0.39 is 11.0 Å². The van der Waals surface area contributed by atoms with Crippen molar-refractivity contribution in [2.45, 2.75) is 6.10 Å². The van der Waals surface area contributed by atoms with Crippen LogP contribution in [-0.2, 0) is 0 Å². The van der Waals surface area contributed by atoms with Crippen LogP contribution in [0.3, 0.4) is 0 Å². The number of nitro groups is 1. The van der Waals surface area contributed by atoms with E-state index in [4.69, 9.17) is 15.6 Å². The van der Waals surface area contributed by atoms with Crippen molar-refractivity contribution in [3.63, 3.8) is 0 Å². The van der Waals surface area contributed by atoms with Crippen LogP contribution in [-0.4, -0.2) is 29.3 Å². The minimum Gasteiger partial charge on any atom is -0.491 e. The van der Waals surface area contributed by atoms with Crippen molar-refractivity contribution >= 4 is 5.69 Å². The molecule has 0 aromatic heterocycles. The highest BCUT2D eigenvalue weighted by Gasteiger charge is 2.05. The molecule has 1 aromatic carbocycles. The molecule has 6 heteroatoms. The quantitative estimate of drug-likeness (QED) is 0.540. The van der Waals surface area contributed by atoms with Gasteiger partial charge < -0.3 is 15.6 Å². The summed E-state index contributed by atoms with van der Waals surface area (Å²) >= 11 is 0. The predicted molar refractivity (Wildman–Crippen MR) is 53.7 cm³/mol. The number of nitrogens with two attached hydrogens (primary N) is 1. The van der Waals surface area contributed by atoms with Gasteiger partial charge in [-0.2, -0.15) is 0 Å². The van der Waals surface area contributed by atoms with Gasteiger partial charge in [0.15, 0.2) is 0 Å². The lowest BCUT2D eigenvalue weighted by Gasteiger charge is -2.09. The maximum atomic E-state index is 10.3. The molecule has 0 aliphatic carbocycles. The summed E-state index contributed by atoms with van der Waals surface area (Å²) in [5, 5.41) is 19.4. The SMILES string of the molecule is NC[C@@H](O)COc1ccc([N+](=O)[O-])cc1. The third-order valence-electron chi connectivity index (χ3n) is 1.76. The Morgan fingerprint density at radius 2 is 2.07 bits per heavy atom. The van der Waals surface area contributed by atoms with Gasteiger partial charge in [-0.3, -0.25) is 10.1 Å². The van der Waals surface area contributed by atoms with E-state index in [1.54, 1.807) is 0 Å². The second-order valence-electron chi connectivity index (χ2n) is 2.95. The number of nitro benzene ring substituents is 1. The number of benzene rings is 1. The lowest BCUT2D eigenvalue weighted by molar-refractivity contribution is -0.384. The summed E-state index contributed by atoms with van der Waals surface area (Å²) < 4.78 is 5.14. The van der Waals surface area contributed by atoms with Crippen molar-refractivity contribution < 1.29 is 14.8 Å². The Hall–Kier alpha value is -1.66. The maximum absolute atomic E-state index is 10.3. The molecule has 15 heavy (non-hydrogen) atoms. The summed E-state index contributed by atoms with van der Waals surface area (Å²) in [5.74, 6) is 0.466. The van der Waals surface area contributed by atoms with Gasteiger partial charge in [-0.15, -0.1) is 0 Å². The molecule has 0 fully saturated rings. The lowest BCUT2D eigenvalue weighted by atomic mass is 10.3. The molecule has 0 heterocycles. The molecule has 6 nitrogen and oxygen atoms in total. The van der Waals surface area contributed by atoms with Gasteiger partial charge in [-0.1, -0.05) is 0 Å². The third-order valence-corrected chi connectivity index (χ3v) is 1.76. The number of rotatable bonds is 5. The second-order valence-corrected chi connectivity index (χ2v) is 2.95. The van der Waals surface area contributed by atoms with Crippen LogP contribution in [0.4, 0.5) is 5.69 Å². The van der Waals surface area contributed by atoms with Gasteiger partial charge in [0.2, 0.25) is 0 Å². The molecule has 0 aliphatic rings. The van der Waals surface area contributed by atoms with E-state index in [0.29, 0.717) is 5.75 Å². The van der Waals surface area contributed by atoms with Crippen molar-refractivity contribution in [3.8, 4) is 5.75 Å². The smallest absolute Gasteiger partial charge is 0.269 e. The van der Waals surface area contributed by atoms with Gasteiger partial charge >= 0.3 is 0 Å². The average Bonchev–Trinajstić information content (AvgIpc) is 2.26. The van der Waals surface area contributed by atoms with Crippen LogP contribution in [0.15, 0.2) is 24.3 Å². The first-order valence-electron chi connectivity index (χ1n) is 4.39. The zero-order valence-corrected chi connectivity index (χ0v) is 8.00. The minimum atomic E-state index is -0.722. The molecule has 0 spiro atoms. The Morgan fingerprint density at radius 3 is 2.53 bits per heavy atom. The zero-order chi connectivity index (χ0) is 11.3. The number of ether oxygens (including phenoxy) is 1. The highest BCUT2D eigenvalue weighted by molar-refractivity contribution is 5.35. The molecular formula is C9H12N2O4. The minimum absolute atomic E-state index is 0.00160. The van der Waals surface area contributed by atoms with Gasteiger partial charge in [0.05, 0.1) is 4.92 Å². The number of hydrogen-bond donors (Lipinski definition) is 2. The highest BCUT2D eigenvalue weighted by atomic mass is 16.6. The zero-order valence-electron chi connectivity index (χ0n) is 8.00. The van der Waals surface area contributed by atoms with Crippen LogP contribution in [0.2, 0.25) is 0 Å². The second kappa shape index (κ2) is 5.28. The van der Waals surface area contributed by atoms with Crippen LogP contribution in [0, 0.1) is 10.1 Å². The average molecular weight is 212 g/mol. The first kappa shape index (κ1) is 11.4. The summed E-state index contributed by atoms with van der Waals surface area (Å²) in [6.07, 6.45) is -0.722. The van der Waals surface area contributed by atoms with Crippen LogP contribution in [0.5, 0.6) is 5.75 Å². The summed E-state index contributed by atoms with van der Waals surface area (Å²) in [5.41, 5.74) is 5.18. The Kier molecular flexibility index (Phi) is 4.02. The van der Waals surface area contributed by atoms with Gasteiger partial charge in [0.1, 0.15) is 18.5 Å². The van der Waals surface area contributed by atoms with Gasteiger partial charge in [0.25, 0.3) is 5.69 Å². The van der Waals surface area contributed by atoms with E-state index in [2.05, 4.69) is 0 Å². The standard InChI is InChI=1S/C9H12N2O4/c10-5-8(12)6-15-9-3-1-7(2-4-9)11(13)14/h1-4,8,12H,5-6,10H2/t8-/m1/s1. The highest BCUT2D eigenvalue weighted by Crippen LogP contribution is 2.17. The van der Waals surface area contributed by atoms with E-state index in [-0.39, 0.29) is 18.8 Å². The number of hydrogen-bond acceptors (Lipinski definition) is 5. The molecule has 0 saturated carbocycles. The number of non-ortho nitro benzene ring substituents is 1. The summed E-state index contributed by atoms with van der Waals surface area (Å²) in [7, 11) is 0. The molecule has 0 aliphatic heterocycles. The first-order valence-corrected chi connectivity index (χ1v) is 4.39. The van der Waals surface area contributed by atoms with Crippen LogP contribution in [0.1, 0.15) is 0 Å². The summed E-state index contributed by atoms with van der Waals surface area (Å²) in [6, 6.07) is 5.62. The van der Waals surface area contributed by atoms with Crippen molar-refractivity contribution in [2.75, 3.05) is 13.2 Å². The third kappa shape index (κ3) is 3.53. The van der Waals surface area contributed by atoms with Crippen molar-refractivity contribution in [1.29, 1.82) is 0 Å². The fraction of sp³-hybridized carbons (Fsp3) is 0.333. The van der Waals surface area contributed by atoms with Crippen molar-refractivity contribution in [1.82, 2.24) is 0 Å². The monoisotopic (exact) mass is 212 g/mol. The Morgan fingerprint density at radius 1 is 1.47 bits per heavy atom. The number of aliphatic hydroxyl groups excluding tert-OH is 1. The number of nitrogens with zero attached hydrogens (tertiary/aromatic N) is 1. The molecule has 82 valence electrons. The molecular weight excluding hydrogens is 200 g/mol. The largest absolute Gasteiger partial charge is 0.491 e. The van der Waals surface area contributed by atoms with Crippen LogP contribution >= 0.6 is 0 Å². The normalized spacial score (nSPS) is 12.1. The van der Waals surface area contributed by atoms with E-state index >= 15 is 0 Å². The first-order chi connectivity index (χ1) is 7.13. The van der Waals surface area contributed by atoms with Crippen molar-refractivity contribution in [2.24, 2.45) is 5.73 Å². The summed E-state index contributed by atoms with van der Waals surface area (Å²) in [4.78, 5) is 9.85. The molecule has 0 amide bonds. The molecule has 1 rings (SSSR count). The molecule has 0 unspecified atom stereocenters. The fourth-order valence-electron chi connectivity index (χ4n) is 0.925. The molecule has 3 N–H and O–H groups in total. The topological polar surface area (TPSA) is 98.6 Å². The lowest BCUT2D eigenvalue weighted by Crippen LogP contribution is -2.26. The van der Waals surface area contributed by atoms with Crippen LogP contribution < -0.4 is 10.5 Å². The summed E-state index contributed by atoms with van der Waals surface area (Å²) in [6.45, 7) is 0.196. The van der Waals surface area contributed by atoms with E-state index in [1.807, 2.05) is 0 Å². The van der Waals surface area contributed by atoms with Gasteiger partial charge in [-0.25, -0.2) is 0 Å². The fourth-order valence-corrected chi connectivity index (χ4v) is 0.925. The van der Waals surface area contributed by atoms with E-state index in [0.717, 1.165) is 0 Å². The molecule has 1 aromatic rings. The Bertz CT molecular complexity index is 325. The molecule has 0 radical (unpaired) electrons. The Balaban J connectivity index is 2.53. The van der Waals surface area contributed by atoms with E-state index in [1.165, 1.54) is 24.3 Å². The predicted octanol–water partition coefficient (Wildman–Crippen LogP) is 0.293. The molecule has 0 bridgehead atoms. The number of aliphatic hydroxyl groups is 1. The van der Waals surface area contributed by atoms with Gasteiger partial charge in [-0.05, 0) is 12.1 Å². The molecule has 0 saturated heterocycles. The van der Waals surface area contributed by atoms with Gasteiger partial charge in [0, 0.05) is 18.7 Å². The van der Waals surface area contributed by atoms with E-state index in [9.17, 15) is 10.1 Å². The van der Waals surface area contributed by atoms with Crippen molar-refractivity contribution in [3.05, 3.63) is 34.4 Å². The maximum Gasteiger partial charge on any atom is 0.269 e. The molecule has 1 atom stereocenters.